The summed E-state index contributed by atoms with van der Waals surface area (Å²) in [5, 5.41) is 0. The van der Waals surface area contributed by atoms with Gasteiger partial charge >= 0.3 is 0 Å². The molecule has 132 valence electrons. The number of likely N-dealkylation sites (N-methyl/N-ethyl adjacent to an activating group) is 1. The van der Waals surface area contributed by atoms with Crippen molar-refractivity contribution in [3.63, 3.8) is 0 Å². The summed E-state index contributed by atoms with van der Waals surface area (Å²) in [4.78, 5) is 14.1. The highest BCUT2D eigenvalue weighted by atomic mass is 32.2. The molecule has 25 heavy (non-hydrogen) atoms. The zero-order valence-electron chi connectivity index (χ0n) is 15.0. The third kappa shape index (κ3) is 2.70. The summed E-state index contributed by atoms with van der Waals surface area (Å²) < 4.78 is 28.4. The maximum absolute atomic E-state index is 12.9. The number of benzene rings is 2. The average Bonchev–Trinajstić information content (AvgIpc) is 2.72. The van der Waals surface area contributed by atoms with Crippen LogP contribution in [0.5, 0.6) is 0 Å². The molecule has 0 atom stereocenters. The van der Waals surface area contributed by atoms with Gasteiger partial charge < -0.3 is 4.90 Å². The fourth-order valence-corrected chi connectivity index (χ4v) is 4.52. The number of rotatable bonds is 3. The second-order valence-corrected chi connectivity index (χ2v) is 8.72. The Morgan fingerprint density at radius 2 is 1.64 bits per heavy atom. The van der Waals surface area contributed by atoms with Crippen LogP contribution in [0.2, 0.25) is 0 Å². The molecule has 0 aromatic heterocycles. The van der Waals surface area contributed by atoms with Gasteiger partial charge in [-0.05, 0) is 62.6 Å². The summed E-state index contributed by atoms with van der Waals surface area (Å²) in [6.07, 6.45) is 0. The predicted octanol–water partition coefficient (Wildman–Crippen LogP) is 3.36. The maximum Gasteiger partial charge on any atom is 0.261 e. The summed E-state index contributed by atoms with van der Waals surface area (Å²) in [6, 6.07) is 10.5. The highest BCUT2D eigenvalue weighted by molar-refractivity contribution is 7.92. The number of hydrogen-bond acceptors (Lipinski definition) is 3. The molecule has 1 N–H and O–H groups in total. The number of anilines is 2. The van der Waals surface area contributed by atoms with Gasteiger partial charge in [0.15, 0.2) is 0 Å². The predicted molar refractivity (Wildman–Crippen MR) is 99.6 cm³/mol. The molecule has 0 radical (unpaired) electrons. The van der Waals surface area contributed by atoms with Crippen LogP contribution in [0, 0.1) is 13.8 Å². The highest BCUT2D eigenvalue weighted by Crippen LogP contribution is 2.41. The van der Waals surface area contributed by atoms with Gasteiger partial charge in [-0.25, -0.2) is 8.42 Å². The van der Waals surface area contributed by atoms with E-state index in [0.29, 0.717) is 5.69 Å². The number of carbonyl (C=O) groups excluding carboxylic acids is 1. The van der Waals surface area contributed by atoms with Crippen molar-refractivity contribution in [2.75, 3.05) is 16.7 Å². The largest absolute Gasteiger partial charge is 0.314 e. The lowest BCUT2D eigenvalue weighted by molar-refractivity contribution is -0.121. The molecule has 0 saturated heterocycles. The van der Waals surface area contributed by atoms with E-state index in [0.717, 1.165) is 22.4 Å². The van der Waals surface area contributed by atoms with Crippen LogP contribution in [0.4, 0.5) is 11.4 Å². The number of nitrogens with zero attached hydrogens (tertiary/aromatic N) is 1. The van der Waals surface area contributed by atoms with E-state index in [-0.39, 0.29) is 10.8 Å². The second-order valence-electron chi connectivity index (χ2n) is 7.04. The molecule has 1 aliphatic heterocycles. The zero-order chi connectivity index (χ0) is 18.6. The molecule has 1 amide bonds. The third-order valence-corrected chi connectivity index (χ3v) is 6.22. The Hall–Kier alpha value is -2.34. The van der Waals surface area contributed by atoms with E-state index < -0.39 is 15.4 Å². The standard InChI is InChI=1S/C19H22N2O3S/c1-12-7-6-8-13(2)17(12)20-25(23,24)14-9-10-16-15(11-14)19(3,4)18(22)21(16)5/h6-11,20H,1-5H3. The van der Waals surface area contributed by atoms with Crippen molar-refractivity contribution in [3.8, 4) is 0 Å². The fraction of sp³-hybridized carbons (Fsp3) is 0.316. The van der Waals surface area contributed by atoms with Crippen LogP contribution in [0.1, 0.15) is 30.5 Å². The van der Waals surface area contributed by atoms with Gasteiger partial charge in [-0.3, -0.25) is 9.52 Å². The van der Waals surface area contributed by atoms with Crippen molar-refractivity contribution in [1.82, 2.24) is 0 Å². The van der Waals surface area contributed by atoms with Crippen molar-refractivity contribution in [2.24, 2.45) is 0 Å². The molecule has 2 aromatic carbocycles. The molecule has 0 saturated carbocycles. The van der Waals surface area contributed by atoms with Crippen molar-refractivity contribution < 1.29 is 13.2 Å². The molecule has 0 bridgehead atoms. The van der Waals surface area contributed by atoms with E-state index in [9.17, 15) is 13.2 Å². The lowest BCUT2D eigenvalue weighted by Gasteiger charge is -2.17. The molecular weight excluding hydrogens is 336 g/mol. The Morgan fingerprint density at radius 1 is 1.04 bits per heavy atom. The van der Waals surface area contributed by atoms with E-state index in [1.807, 2.05) is 45.9 Å². The van der Waals surface area contributed by atoms with Gasteiger partial charge in [0.2, 0.25) is 5.91 Å². The van der Waals surface area contributed by atoms with E-state index in [1.165, 1.54) is 0 Å². The SMILES string of the molecule is Cc1cccc(C)c1NS(=O)(=O)c1ccc2c(c1)C(C)(C)C(=O)N2C. The second kappa shape index (κ2) is 5.59. The minimum absolute atomic E-state index is 0.0419. The Morgan fingerprint density at radius 3 is 2.24 bits per heavy atom. The summed E-state index contributed by atoms with van der Waals surface area (Å²) in [5.41, 5.74) is 3.05. The molecule has 1 heterocycles. The molecule has 0 aliphatic carbocycles. The number of nitrogens with one attached hydrogen (secondary N) is 1. The number of carbonyl (C=O) groups is 1. The summed E-state index contributed by atoms with van der Waals surface area (Å²) in [5.74, 6) is -0.0419. The third-order valence-electron chi connectivity index (χ3n) is 4.87. The first-order valence-electron chi connectivity index (χ1n) is 8.07. The minimum Gasteiger partial charge on any atom is -0.314 e. The molecule has 0 unspecified atom stereocenters. The fourth-order valence-electron chi connectivity index (χ4n) is 3.29. The van der Waals surface area contributed by atoms with E-state index in [1.54, 1.807) is 30.1 Å². The first-order chi connectivity index (χ1) is 11.6. The monoisotopic (exact) mass is 358 g/mol. The molecule has 0 spiro atoms. The molecule has 5 nitrogen and oxygen atoms in total. The summed E-state index contributed by atoms with van der Waals surface area (Å²) >= 11 is 0. The Bertz CT molecular complexity index is 958. The van der Waals surface area contributed by atoms with Gasteiger partial charge in [0, 0.05) is 12.7 Å². The van der Waals surface area contributed by atoms with Crippen LogP contribution in [-0.4, -0.2) is 21.4 Å². The number of para-hydroxylation sites is 1. The van der Waals surface area contributed by atoms with Gasteiger partial charge in [0.05, 0.1) is 16.0 Å². The van der Waals surface area contributed by atoms with Crippen LogP contribution in [-0.2, 0) is 20.2 Å². The Balaban J connectivity index is 2.06. The zero-order valence-corrected chi connectivity index (χ0v) is 15.9. The van der Waals surface area contributed by atoms with E-state index in [2.05, 4.69) is 4.72 Å². The first kappa shape index (κ1) is 17.5. The van der Waals surface area contributed by atoms with Crippen molar-refractivity contribution >= 4 is 27.3 Å². The van der Waals surface area contributed by atoms with Crippen LogP contribution in [0.3, 0.4) is 0 Å². The topological polar surface area (TPSA) is 66.5 Å². The van der Waals surface area contributed by atoms with Gasteiger partial charge in [-0.15, -0.1) is 0 Å². The van der Waals surface area contributed by atoms with Crippen LogP contribution in [0.25, 0.3) is 0 Å². The molecule has 3 rings (SSSR count). The van der Waals surface area contributed by atoms with Crippen LogP contribution < -0.4 is 9.62 Å². The van der Waals surface area contributed by atoms with Gasteiger partial charge in [-0.1, -0.05) is 18.2 Å². The van der Waals surface area contributed by atoms with Crippen LogP contribution in [0.15, 0.2) is 41.3 Å². The maximum atomic E-state index is 12.9. The molecule has 2 aromatic rings. The minimum atomic E-state index is -3.74. The normalized spacial score (nSPS) is 16.0. The Kier molecular flexibility index (Phi) is 3.91. The first-order valence-corrected chi connectivity index (χ1v) is 9.56. The smallest absolute Gasteiger partial charge is 0.261 e. The van der Waals surface area contributed by atoms with Gasteiger partial charge in [0.25, 0.3) is 10.0 Å². The highest BCUT2D eigenvalue weighted by Gasteiger charge is 2.42. The molecule has 6 heteroatoms. The number of sulfonamides is 1. The number of fused-ring (bicyclic) bond motifs is 1. The molecule has 0 fully saturated rings. The molecule has 1 aliphatic rings. The number of aryl methyl sites for hydroxylation is 2. The quantitative estimate of drug-likeness (QED) is 0.915. The lowest BCUT2D eigenvalue weighted by atomic mass is 9.86. The number of hydrogen-bond donors (Lipinski definition) is 1. The van der Waals surface area contributed by atoms with Crippen molar-refractivity contribution in [2.45, 2.75) is 38.0 Å². The van der Waals surface area contributed by atoms with Crippen molar-refractivity contribution in [3.05, 3.63) is 53.1 Å². The summed E-state index contributed by atoms with van der Waals surface area (Å²) in [6.45, 7) is 7.36. The van der Waals surface area contributed by atoms with Gasteiger partial charge in [0.1, 0.15) is 0 Å². The lowest BCUT2D eigenvalue weighted by Crippen LogP contribution is -2.33. The average molecular weight is 358 g/mol. The molecular formula is C19H22N2O3S. The van der Waals surface area contributed by atoms with Gasteiger partial charge in [-0.2, -0.15) is 0 Å². The van der Waals surface area contributed by atoms with E-state index >= 15 is 0 Å². The number of amides is 1. The summed E-state index contributed by atoms with van der Waals surface area (Å²) in [7, 11) is -2.04. The van der Waals surface area contributed by atoms with E-state index in [4.69, 9.17) is 0 Å². The van der Waals surface area contributed by atoms with Crippen LogP contribution >= 0.6 is 0 Å². The Labute approximate surface area is 148 Å². The van der Waals surface area contributed by atoms with Crippen molar-refractivity contribution in [1.29, 1.82) is 0 Å².